The number of ether oxygens (including phenoxy) is 3. The highest BCUT2D eigenvalue weighted by atomic mass is 32.1. The van der Waals surface area contributed by atoms with Gasteiger partial charge in [-0.15, -0.1) is 11.3 Å². The quantitative estimate of drug-likeness (QED) is 0.846. The minimum Gasteiger partial charge on any atom is -0.496 e. The molecule has 6 nitrogen and oxygen atoms in total. The first-order chi connectivity index (χ1) is 10.2. The molecule has 0 amide bonds. The van der Waals surface area contributed by atoms with E-state index in [1.165, 1.54) is 0 Å². The van der Waals surface area contributed by atoms with Gasteiger partial charge in [-0.1, -0.05) is 6.92 Å². The average molecular weight is 309 g/mol. The van der Waals surface area contributed by atoms with Crippen molar-refractivity contribution >= 4 is 11.3 Å². The van der Waals surface area contributed by atoms with Crippen molar-refractivity contribution in [2.45, 2.75) is 13.0 Å². The van der Waals surface area contributed by atoms with Gasteiger partial charge in [0.05, 0.1) is 33.6 Å². The SMILES string of the molecule is CCNC(c1cc(OC)cs1)c1ncc(OC)nc1OC. The molecule has 2 heterocycles. The molecule has 2 aromatic rings. The zero-order valence-electron chi connectivity index (χ0n) is 12.5. The molecule has 21 heavy (non-hydrogen) atoms. The maximum absolute atomic E-state index is 5.35. The van der Waals surface area contributed by atoms with E-state index in [1.54, 1.807) is 38.9 Å². The minimum absolute atomic E-state index is 0.0998. The predicted molar refractivity (Wildman–Crippen MR) is 81.5 cm³/mol. The highest BCUT2D eigenvalue weighted by Gasteiger charge is 2.22. The Hall–Kier alpha value is -1.86. The first kappa shape index (κ1) is 15.5. The van der Waals surface area contributed by atoms with Crippen LogP contribution in [0.15, 0.2) is 17.6 Å². The number of hydrogen-bond acceptors (Lipinski definition) is 7. The molecule has 0 spiro atoms. The number of aromatic nitrogens is 2. The average Bonchev–Trinajstić information content (AvgIpc) is 3.00. The Bertz CT molecular complexity index is 589. The Balaban J connectivity index is 2.41. The van der Waals surface area contributed by atoms with Crippen LogP contribution < -0.4 is 19.5 Å². The normalized spacial score (nSPS) is 12.0. The van der Waals surface area contributed by atoms with Gasteiger partial charge in [-0.3, -0.25) is 0 Å². The van der Waals surface area contributed by atoms with E-state index in [0.29, 0.717) is 11.8 Å². The maximum Gasteiger partial charge on any atom is 0.240 e. The Morgan fingerprint density at radius 2 is 2.05 bits per heavy atom. The predicted octanol–water partition coefficient (Wildman–Crippen LogP) is 2.26. The van der Waals surface area contributed by atoms with Gasteiger partial charge in [0.25, 0.3) is 0 Å². The molecule has 0 saturated carbocycles. The van der Waals surface area contributed by atoms with Gasteiger partial charge in [0.1, 0.15) is 11.4 Å². The van der Waals surface area contributed by atoms with Crippen molar-refractivity contribution in [2.75, 3.05) is 27.9 Å². The van der Waals surface area contributed by atoms with E-state index in [2.05, 4.69) is 15.3 Å². The number of rotatable bonds is 7. The molecule has 1 unspecified atom stereocenters. The molecule has 2 rings (SSSR count). The molecular weight excluding hydrogens is 290 g/mol. The molecule has 0 saturated heterocycles. The Morgan fingerprint density at radius 1 is 1.24 bits per heavy atom. The van der Waals surface area contributed by atoms with Crippen LogP contribution in [0.25, 0.3) is 0 Å². The number of nitrogens with zero attached hydrogens (tertiary/aromatic N) is 2. The van der Waals surface area contributed by atoms with Crippen LogP contribution in [0.3, 0.4) is 0 Å². The molecular formula is C14H19N3O3S. The summed E-state index contributed by atoms with van der Waals surface area (Å²) in [6.07, 6.45) is 1.59. The highest BCUT2D eigenvalue weighted by Crippen LogP contribution is 2.33. The second-order valence-corrected chi connectivity index (χ2v) is 5.13. The van der Waals surface area contributed by atoms with Crippen molar-refractivity contribution in [1.82, 2.24) is 15.3 Å². The third-order valence-corrected chi connectivity index (χ3v) is 3.92. The van der Waals surface area contributed by atoms with Crippen molar-refractivity contribution in [2.24, 2.45) is 0 Å². The summed E-state index contributed by atoms with van der Waals surface area (Å²) in [6.45, 7) is 2.84. The summed E-state index contributed by atoms with van der Waals surface area (Å²) in [4.78, 5) is 9.82. The second-order valence-electron chi connectivity index (χ2n) is 4.19. The number of hydrogen-bond donors (Lipinski definition) is 1. The third kappa shape index (κ3) is 3.43. The summed E-state index contributed by atoms with van der Waals surface area (Å²) < 4.78 is 15.7. The van der Waals surface area contributed by atoms with Crippen LogP contribution in [0, 0.1) is 0 Å². The first-order valence-corrected chi connectivity index (χ1v) is 7.42. The van der Waals surface area contributed by atoms with Crippen molar-refractivity contribution in [3.05, 3.63) is 28.2 Å². The zero-order chi connectivity index (χ0) is 15.2. The van der Waals surface area contributed by atoms with Crippen LogP contribution >= 0.6 is 11.3 Å². The maximum atomic E-state index is 5.35. The monoisotopic (exact) mass is 309 g/mol. The smallest absolute Gasteiger partial charge is 0.240 e. The zero-order valence-corrected chi connectivity index (χ0v) is 13.4. The molecule has 0 radical (unpaired) electrons. The first-order valence-electron chi connectivity index (χ1n) is 6.54. The lowest BCUT2D eigenvalue weighted by molar-refractivity contribution is 0.353. The minimum atomic E-state index is -0.0998. The second kappa shape index (κ2) is 7.24. The molecule has 1 N–H and O–H groups in total. The fraction of sp³-hybridized carbons (Fsp3) is 0.429. The molecule has 0 aromatic carbocycles. The van der Waals surface area contributed by atoms with Crippen molar-refractivity contribution in [1.29, 1.82) is 0 Å². The third-order valence-electron chi connectivity index (χ3n) is 2.95. The van der Waals surface area contributed by atoms with E-state index < -0.39 is 0 Å². The van der Waals surface area contributed by atoms with Gasteiger partial charge >= 0.3 is 0 Å². The molecule has 0 aliphatic heterocycles. The standard InChI is InChI=1S/C14H19N3O3S/c1-5-15-12(10-6-9(18-2)8-21-10)13-14(20-4)17-11(19-3)7-16-13/h6-8,12,15H,5H2,1-4H3. The Morgan fingerprint density at radius 3 is 2.62 bits per heavy atom. The van der Waals surface area contributed by atoms with Crippen LogP contribution in [0.5, 0.6) is 17.5 Å². The van der Waals surface area contributed by atoms with Gasteiger partial charge < -0.3 is 19.5 Å². The van der Waals surface area contributed by atoms with Crippen molar-refractivity contribution in [3.8, 4) is 17.5 Å². The van der Waals surface area contributed by atoms with Crippen molar-refractivity contribution < 1.29 is 14.2 Å². The summed E-state index contributed by atoms with van der Waals surface area (Å²) >= 11 is 1.60. The van der Waals surface area contributed by atoms with Gasteiger partial charge in [-0.2, -0.15) is 4.98 Å². The van der Waals surface area contributed by atoms with Gasteiger partial charge in [0, 0.05) is 10.3 Å². The van der Waals surface area contributed by atoms with Gasteiger partial charge in [0.15, 0.2) is 0 Å². The summed E-state index contributed by atoms with van der Waals surface area (Å²) in [5.74, 6) is 1.71. The number of nitrogens with one attached hydrogen (secondary N) is 1. The summed E-state index contributed by atoms with van der Waals surface area (Å²) in [5.41, 5.74) is 0.727. The van der Waals surface area contributed by atoms with E-state index in [1.807, 2.05) is 18.4 Å². The van der Waals surface area contributed by atoms with Crippen LogP contribution in [0.4, 0.5) is 0 Å². The highest BCUT2D eigenvalue weighted by molar-refractivity contribution is 7.10. The molecule has 114 valence electrons. The van der Waals surface area contributed by atoms with E-state index in [4.69, 9.17) is 14.2 Å². The fourth-order valence-corrected chi connectivity index (χ4v) is 2.87. The lowest BCUT2D eigenvalue weighted by atomic mass is 10.1. The van der Waals surface area contributed by atoms with E-state index >= 15 is 0 Å². The number of thiophene rings is 1. The van der Waals surface area contributed by atoms with Crippen LogP contribution in [0.2, 0.25) is 0 Å². The molecule has 7 heteroatoms. The lowest BCUT2D eigenvalue weighted by Gasteiger charge is -2.18. The van der Waals surface area contributed by atoms with Gasteiger partial charge in [-0.25, -0.2) is 4.98 Å². The largest absolute Gasteiger partial charge is 0.496 e. The fourth-order valence-electron chi connectivity index (χ4n) is 1.94. The topological polar surface area (TPSA) is 65.5 Å². The van der Waals surface area contributed by atoms with Gasteiger partial charge in [0.2, 0.25) is 11.8 Å². The Kier molecular flexibility index (Phi) is 5.35. The Labute approximate surface area is 128 Å². The van der Waals surface area contributed by atoms with Crippen molar-refractivity contribution in [3.63, 3.8) is 0 Å². The van der Waals surface area contributed by atoms with E-state index in [9.17, 15) is 0 Å². The lowest BCUT2D eigenvalue weighted by Crippen LogP contribution is -2.23. The van der Waals surface area contributed by atoms with Gasteiger partial charge in [-0.05, 0) is 12.6 Å². The molecule has 2 aromatic heterocycles. The molecule has 0 aliphatic rings. The summed E-state index contributed by atoms with van der Waals surface area (Å²) in [5, 5.41) is 5.36. The molecule has 0 aliphatic carbocycles. The van der Waals surface area contributed by atoms with E-state index in [0.717, 1.165) is 22.9 Å². The van der Waals surface area contributed by atoms with Crippen LogP contribution in [-0.2, 0) is 0 Å². The molecule has 0 fully saturated rings. The van der Waals surface area contributed by atoms with E-state index in [-0.39, 0.29) is 6.04 Å². The van der Waals surface area contributed by atoms with Crippen LogP contribution in [0.1, 0.15) is 23.5 Å². The number of methoxy groups -OCH3 is 3. The summed E-state index contributed by atoms with van der Waals surface area (Å²) in [6, 6.07) is 1.89. The van der Waals surface area contributed by atoms with Crippen LogP contribution in [-0.4, -0.2) is 37.8 Å². The molecule has 0 bridgehead atoms. The molecule has 1 atom stereocenters. The summed E-state index contributed by atoms with van der Waals surface area (Å²) in [7, 11) is 4.78.